The van der Waals surface area contributed by atoms with Crippen molar-refractivity contribution in [3.05, 3.63) is 24.3 Å². The second kappa shape index (κ2) is 7.32. The van der Waals surface area contributed by atoms with E-state index in [4.69, 9.17) is 9.47 Å². The fraction of sp³-hybridized carbons (Fsp3) is 0.385. The van der Waals surface area contributed by atoms with Crippen LogP contribution in [0, 0.1) is 0 Å². The number of nitrogens with zero attached hydrogens (tertiary/aromatic N) is 1. The van der Waals surface area contributed by atoms with Gasteiger partial charge in [0.1, 0.15) is 11.5 Å². The van der Waals surface area contributed by atoms with E-state index < -0.39 is 0 Å². The van der Waals surface area contributed by atoms with Crippen LogP contribution in [-0.2, 0) is 4.79 Å². The van der Waals surface area contributed by atoms with Gasteiger partial charge in [0.05, 0.1) is 7.11 Å². The molecule has 1 N–H and O–H groups in total. The van der Waals surface area contributed by atoms with Crippen molar-refractivity contribution in [3.63, 3.8) is 0 Å². The third-order valence-electron chi connectivity index (χ3n) is 2.31. The van der Waals surface area contributed by atoms with Crippen LogP contribution in [0.15, 0.2) is 29.4 Å². The van der Waals surface area contributed by atoms with Crippen molar-refractivity contribution in [2.24, 2.45) is 5.10 Å². The van der Waals surface area contributed by atoms with Crippen LogP contribution in [0.25, 0.3) is 0 Å². The highest BCUT2D eigenvalue weighted by Gasteiger charge is 2.01. The number of hydrazone groups is 1. The van der Waals surface area contributed by atoms with Gasteiger partial charge in [-0.2, -0.15) is 5.10 Å². The molecule has 0 unspecified atom stereocenters. The molecule has 0 saturated heterocycles. The standard InChI is InChI=1S/C13H18N2O3/c1-4-10(2)14-15-13(16)9-18-12-7-5-11(17-3)6-8-12/h5-8H,4,9H2,1-3H3,(H,15,16)/b14-10-. The molecular formula is C13H18N2O3. The third kappa shape index (κ3) is 4.86. The first-order chi connectivity index (χ1) is 8.65. The van der Waals surface area contributed by atoms with Crippen molar-refractivity contribution in [2.75, 3.05) is 13.7 Å². The van der Waals surface area contributed by atoms with Crippen molar-refractivity contribution in [1.82, 2.24) is 5.43 Å². The summed E-state index contributed by atoms with van der Waals surface area (Å²) in [7, 11) is 1.59. The molecule has 5 nitrogen and oxygen atoms in total. The second-order valence-electron chi connectivity index (χ2n) is 3.70. The van der Waals surface area contributed by atoms with E-state index in [1.807, 2.05) is 13.8 Å². The van der Waals surface area contributed by atoms with Crippen molar-refractivity contribution >= 4 is 11.6 Å². The maximum atomic E-state index is 11.4. The maximum Gasteiger partial charge on any atom is 0.277 e. The molecule has 1 aromatic rings. The molecule has 1 rings (SSSR count). The first-order valence-corrected chi connectivity index (χ1v) is 5.74. The SMILES string of the molecule is CC/C(C)=N\NC(=O)COc1ccc(OC)cc1. The van der Waals surface area contributed by atoms with Crippen molar-refractivity contribution < 1.29 is 14.3 Å². The number of carbonyl (C=O) groups excluding carboxylic acids is 1. The van der Waals surface area contributed by atoms with E-state index in [0.29, 0.717) is 5.75 Å². The van der Waals surface area contributed by atoms with E-state index in [9.17, 15) is 4.79 Å². The van der Waals surface area contributed by atoms with Crippen LogP contribution in [0.3, 0.4) is 0 Å². The lowest BCUT2D eigenvalue weighted by molar-refractivity contribution is -0.123. The van der Waals surface area contributed by atoms with Crippen LogP contribution < -0.4 is 14.9 Å². The van der Waals surface area contributed by atoms with Crippen LogP contribution in [0.4, 0.5) is 0 Å². The van der Waals surface area contributed by atoms with Gasteiger partial charge in [-0.05, 0) is 37.6 Å². The van der Waals surface area contributed by atoms with Gasteiger partial charge in [-0.3, -0.25) is 4.79 Å². The number of carbonyl (C=O) groups is 1. The van der Waals surface area contributed by atoms with Gasteiger partial charge in [-0.1, -0.05) is 6.92 Å². The Morgan fingerprint density at radius 2 is 1.89 bits per heavy atom. The fourth-order valence-electron chi connectivity index (χ4n) is 1.09. The van der Waals surface area contributed by atoms with E-state index in [1.165, 1.54) is 0 Å². The van der Waals surface area contributed by atoms with Gasteiger partial charge >= 0.3 is 0 Å². The average molecular weight is 250 g/mol. The number of ether oxygens (including phenoxy) is 2. The molecule has 18 heavy (non-hydrogen) atoms. The normalized spacial score (nSPS) is 10.9. The van der Waals surface area contributed by atoms with E-state index in [0.717, 1.165) is 17.9 Å². The zero-order chi connectivity index (χ0) is 13.4. The first kappa shape index (κ1) is 14.0. The largest absolute Gasteiger partial charge is 0.497 e. The minimum absolute atomic E-state index is 0.0627. The molecule has 0 atom stereocenters. The minimum atomic E-state index is -0.279. The van der Waals surface area contributed by atoms with Gasteiger partial charge in [-0.25, -0.2) is 5.43 Å². The van der Waals surface area contributed by atoms with Crippen LogP contribution in [0.1, 0.15) is 20.3 Å². The van der Waals surface area contributed by atoms with Gasteiger partial charge in [0.25, 0.3) is 5.91 Å². The monoisotopic (exact) mass is 250 g/mol. The highest BCUT2D eigenvalue weighted by Crippen LogP contribution is 2.16. The maximum absolute atomic E-state index is 11.4. The molecule has 1 aromatic carbocycles. The number of nitrogens with one attached hydrogen (secondary N) is 1. The zero-order valence-corrected chi connectivity index (χ0v) is 10.9. The molecule has 0 saturated carbocycles. The minimum Gasteiger partial charge on any atom is -0.497 e. The topological polar surface area (TPSA) is 59.9 Å². The Morgan fingerprint density at radius 1 is 1.28 bits per heavy atom. The van der Waals surface area contributed by atoms with Gasteiger partial charge in [0, 0.05) is 5.71 Å². The Labute approximate surface area is 107 Å². The summed E-state index contributed by atoms with van der Waals surface area (Å²) in [5.41, 5.74) is 3.29. The van der Waals surface area contributed by atoms with Gasteiger partial charge in [0.15, 0.2) is 6.61 Å². The lowest BCUT2D eigenvalue weighted by atomic mass is 10.3. The molecule has 0 aliphatic rings. The molecule has 5 heteroatoms. The number of hydrogen-bond acceptors (Lipinski definition) is 4. The predicted octanol–water partition coefficient (Wildman–Crippen LogP) is 1.98. The molecule has 0 radical (unpaired) electrons. The first-order valence-electron chi connectivity index (χ1n) is 5.74. The second-order valence-corrected chi connectivity index (χ2v) is 3.70. The van der Waals surface area contributed by atoms with E-state index >= 15 is 0 Å². The van der Waals surface area contributed by atoms with Gasteiger partial charge < -0.3 is 9.47 Å². The Kier molecular flexibility index (Phi) is 5.70. The lowest BCUT2D eigenvalue weighted by Gasteiger charge is -2.06. The van der Waals surface area contributed by atoms with Crippen LogP contribution in [0.2, 0.25) is 0 Å². The summed E-state index contributed by atoms with van der Waals surface area (Å²) in [6, 6.07) is 7.03. The molecule has 0 bridgehead atoms. The molecule has 0 heterocycles. The molecule has 1 amide bonds. The number of rotatable bonds is 6. The Morgan fingerprint density at radius 3 is 2.44 bits per heavy atom. The van der Waals surface area contributed by atoms with E-state index in [-0.39, 0.29) is 12.5 Å². The Hall–Kier alpha value is -2.04. The number of methoxy groups -OCH3 is 1. The number of hydrogen-bond donors (Lipinski definition) is 1. The molecule has 0 aliphatic carbocycles. The quantitative estimate of drug-likeness (QED) is 0.620. The van der Waals surface area contributed by atoms with Crippen LogP contribution in [0.5, 0.6) is 11.5 Å². The smallest absolute Gasteiger partial charge is 0.277 e. The summed E-state index contributed by atoms with van der Waals surface area (Å²) in [5, 5.41) is 3.90. The molecular weight excluding hydrogens is 232 g/mol. The number of amides is 1. The average Bonchev–Trinajstić information content (AvgIpc) is 2.42. The Balaban J connectivity index is 2.37. The molecule has 0 aromatic heterocycles. The summed E-state index contributed by atoms with van der Waals surface area (Å²) in [6.45, 7) is 3.76. The zero-order valence-electron chi connectivity index (χ0n) is 10.9. The predicted molar refractivity (Wildman–Crippen MR) is 70.0 cm³/mol. The van der Waals surface area contributed by atoms with Crippen molar-refractivity contribution in [2.45, 2.75) is 20.3 Å². The van der Waals surface area contributed by atoms with Crippen LogP contribution >= 0.6 is 0 Å². The van der Waals surface area contributed by atoms with Gasteiger partial charge in [-0.15, -0.1) is 0 Å². The fourth-order valence-corrected chi connectivity index (χ4v) is 1.09. The summed E-state index contributed by atoms with van der Waals surface area (Å²) < 4.78 is 10.3. The van der Waals surface area contributed by atoms with Crippen LogP contribution in [-0.4, -0.2) is 25.3 Å². The molecule has 0 spiro atoms. The number of benzene rings is 1. The van der Waals surface area contributed by atoms with Crippen molar-refractivity contribution in [3.8, 4) is 11.5 Å². The summed E-state index contributed by atoms with van der Waals surface area (Å²) in [5.74, 6) is 1.08. The summed E-state index contributed by atoms with van der Waals surface area (Å²) in [4.78, 5) is 11.4. The molecule has 0 fully saturated rings. The summed E-state index contributed by atoms with van der Waals surface area (Å²) >= 11 is 0. The van der Waals surface area contributed by atoms with E-state index in [2.05, 4.69) is 10.5 Å². The Bertz CT molecular complexity index is 413. The molecule has 0 aliphatic heterocycles. The van der Waals surface area contributed by atoms with Gasteiger partial charge in [0.2, 0.25) is 0 Å². The highest BCUT2D eigenvalue weighted by atomic mass is 16.5. The third-order valence-corrected chi connectivity index (χ3v) is 2.31. The lowest BCUT2D eigenvalue weighted by Crippen LogP contribution is -2.25. The van der Waals surface area contributed by atoms with E-state index in [1.54, 1.807) is 31.4 Å². The highest BCUT2D eigenvalue weighted by molar-refractivity contribution is 5.84. The molecule has 98 valence electrons. The van der Waals surface area contributed by atoms with Crippen molar-refractivity contribution in [1.29, 1.82) is 0 Å². The summed E-state index contributed by atoms with van der Waals surface area (Å²) in [6.07, 6.45) is 0.805.